The quantitative estimate of drug-likeness (QED) is 0.519. The molecule has 1 aromatic rings. The number of nitrogens with zero attached hydrogens (tertiary/aromatic N) is 1. The van der Waals surface area contributed by atoms with E-state index in [1.165, 1.54) is 0 Å². The summed E-state index contributed by atoms with van der Waals surface area (Å²) in [5.41, 5.74) is 4.90. The molecule has 0 radical (unpaired) electrons. The predicted molar refractivity (Wildman–Crippen MR) is 39.5 cm³/mol. The highest BCUT2D eigenvalue weighted by atomic mass is 16.1. The largest absolute Gasteiger partial charge is 0.369 e. The lowest BCUT2D eigenvalue weighted by Crippen LogP contribution is -2.28. The Labute approximate surface area is 64.0 Å². The van der Waals surface area contributed by atoms with Gasteiger partial charge in [0.15, 0.2) is 0 Å². The van der Waals surface area contributed by atoms with Crippen molar-refractivity contribution in [1.82, 2.24) is 15.3 Å². The zero-order chi connectivity index (χ0) is 8.10. The van der Waals surface area contributed by atoms with Gasteiger partial charge in [-0.1, -0.05) is 0 Å². The molecule has 0 bridgehead atoms. The molecule has 0 spiro atoms. The molecule has 0 saturated carbocycles. The summed E-state index contributed by atoms with van der Waals surface area (Å²) in [4.78, 5) is 17.1. The summed E-state index contributed by atoms with van der Waals surface area (Å²) in [6.45, 7) is 0.719. The molecular weight excluding hydrogens is 144 g/mol. The second-order valence-electron chi connectivity index (χ2n) is 2.11. The van der Waals surface area contributed by atoms with Gasteiger partial charge in [-0.25, -0.2) is 4.98 Å². The Bertz CT molecular complexity index is 218. The van der Waals surface area contributed by atoms with Gasteiger partial charge in [0.05, 0.1) is 13.1 Å². The first-order valence-corrected chi connectivity index (χ1v) is 3.26. The molecule has 0 atom stereocenters. The average Bonchev–Trinajstić information content (AvgIpc) is 2.39. The van der Waals surface area contributed by atoms with Crippen LogP contribution in [0.15, 0.2) is 12.4 Å². The number of aromatic amines is 1. The van der Waals surface area contributed by atoms with Crippen molar-refractivity contribution < 1.29 is 4.79 Å². The van der Waals surface area contributed by atoms with Crippen LogP contribution in [0.5, 0.6) is 0 Å². The molecule has 0 aliphatic heterocycles. The van der Waals surface area contributed by atoms with Gasteiger partial charge < -0.3 is 16.0 Å². The molecule has 0 aliphatic carbocycles. The Hall–Kier alpha value is -1.36. The predicted octanol–water partition coefficient (Wildman–Crippen LogP) is -1.02. The molecule has 0 aromatic carbocycles. The molecule has 60 valence electrons. The van der Waals surface area contributed by atoms with Crippen molar-refractivity contribution in [3.8, 4) is 0 Å². The zero-order valence-corrected chi connectivity index (χ0v) is 6.00. The molecule has 5 nitrogen and oxygen atoms in total. The Morgan fingerprint density at radius 1 is 1.82 bits per heavy atom. The normalized spacial score (nSPS) is 9.82. The van der Waals surface area contributed by atoms with Crippen molar-refractivity contribution in [3.05, 3.63) is 18.2 Å². The van der Waals surface area contributed by atoms with E-state index in [9.17, 15) is 4.79 Å². The van der Waals surface area contributed by atoms with Gasteiger partial charge in [0.25, 0.3) is 0 Å². The smallest absolute Gasteiger partial charge is 0.231 e. The van der Waals surface area contributed by atoms with Crippen LogP contribution in [0.1, 0.15) is 5.82 Å². The summed E-state index contributed by atoms with van der Waals surface area (Å²) >= 11 is 0. The van der Waals surface area contributed by atoms with Gasteiger partial charge in [-0.15, -0.1) is 0 Å². The minimum Gasteiger partial charge on any atom is -0.369 e. The number of amides is 1. The highest BCUT2D eigenvalue weighted by Gasteiger charge is 1.94. The lowest BCUT2D eigenvalue weighted by atomic mass is 10.5. The minimum absolute atomic E-state index is 0.181. The summed E-state index contributed by atoms with van der Waals surface area (Å²) < 4.78 is 0. The summed E-state index contributed by atoms with van der Waals surface area (Å²) in [6.07, 6.45) is 3.38. The summed E-state index contributed by atoms with van der Waals surface area (Å²) in [6, 6.07) is 0. The van der Waals surface area contributed by atoms with Crippen molar-refractivity contribution in [3.63, 3.8) is 0 Å². The minimum atomic E-state index is -0.364. The highest BCUT2D eigenvalue weighted by molar-refractivity contribution is 5.75. The number of rotatable bonds is 4. The number of nitrogens with two attached hydrogens (primary N) is 1. The molecule has 0 fully saturated rings. The van der Waals surface area contributed by atoms with Crippen LogP contribution in [-0.4, -0.2) is 22.4 Å². The number of carbonyl (C=O) groups excluding carboxylic acids is 1. The van der Waals surface area contributed by atoms with Gasteiger partial charge in [-0.3, -0.25) is 4.79 Å². The molecule has 0 unspecified atom stereocenters. The number of nitrogens with one attached hydrogen (secondary N) is 2. The maximum absolute atomic E-state index is 10.3. The van der Waals surface area contributed by atoms with Crippen LogP contribution >= 0.6 is 0 Å². The molecule has 1 amide bonds. The standard InChI is InChI=1S/C6H10N4O/c7-5(11)3-8-4-6-9-1-2-10-6/h1-2,8H,3-4H2,(H2,7,11)(H,9,10). The average molecular weight is 154 g/mol. The van der Waals surface area contributed by atoms with Crippen LogP contribution in [0.3, 0.4) is 0 Å². The van der Waals surface area contributed by atoms with Crippen LogP contribution in [-0.2, 0) is 11.3 Å². The lowest BCUT2D eigenvalue weighted by molar-refractivity contribution is -0.117. The van der Waals surface area contributed by atoms with Crippen molar-refractivity contribution in [2.24, 2.45) is 5.73 Å². The van der Waals surface area contributed by atoms with Crippen LogP contribution in [0.4, 0.5) is 0 Å². The van der Waals surface area contributed by atoms with Crippen molar-refractivity contribution in [1.29, 1.82) is 0 Å². The second-order valence-corrected chi connectivity index (χ2v) is 2.11. The summed E-state index contributed by atoms with van der Waals surface area (Å²) in [5, 5.41) is 2.82. The number of hydrogen-bond donors (Lipinski definition) is 3. The maximum atomic E-state index is 10.3. The Morgan fingerprint density at radius 2 is 2.64 bits per heavy atom. The molecule has 5 heteroatoms. The SMILES string of the molecule is NC(=O)CNCc1ncc[nH]1. The highest BCUT2D eigenvalue weighted by Crippen LogP contribution is 1.84. The van der Waals surface area contributed by atoms with Crippen LogP contribution in [0.25, 0.3) is 0 Å². The molecule has 1 rings (SSSR count). The fourth-order valence-electron chi connectivity index (χ4n) is 0.699. The second kappa shape index (κ2) is 3.72. The van der Waals surface area contributed by atoms with E-state index in [1.807, 2.05) is 0 Å². The van der Waals surface area contributed by atoms with Gasteiger partial charge >= 0.3 is 0 Å². The van der Waals surface area contributed by atoms with Gasteiger partial charge in [-0.05, 0) is 0 Å². The molecule has 1 heterocycles. The number of primary amides is 1. The van der Waals surface area contributed by atoms with E-state index in [4.69, 9.17) is 5.73 Å². The number of carbonyl (C=O) groups is 1. The van der Waals surface area contributed by atoms with E-state index in [2.05, 4.69) is 15.3 Å². The van der Waals surface area contributed by atoms with E-state index < -0.39 is 0 Å². The Morgan fingerprint density at radius 3 is 3.18 bits per heavy atom. The molecule has 11 heavy (non-hydrogen) atoms. The third-order valence-corrected chi connectivity index (χ3v) is 1.15. The van der Waals surface area contributed by atoms with Crippen molar-refractivity contribution in [2.45, 2.75) is 6.54 Å². The third-order valence-electron chi connectivity index (χ3n) is 1.15. The molecule has 1 aromatic heterocycles. The molecule has 0 aliphatic rings. The first-order chi connectivity index (χ1) is 5.29. The van der Waals surface area contributed by atoms with E-state index in [0.717, 1.165) is 5.82 Å². The molecular formula is C6H10N4O. The number of hydrogen-bond acceptors (Lipinski definition) is 3. The fraction of sp³-hybridized carbons (Fsp3) is 0.333. The van der Waals surface area contributed by atoms with Gasteiger partial charge in [0.1, 0.15) is 5.82 Å². The van der Waals surface area contributed by atoms with E-state index in [-0.39, 0.29) is 12.5 Å². The molecule has 0 saturated heterocycles. The zero-order valence-electron chi connectivity index (χ0n) is 6.00. The van der Waals surface area contributed by atoms with Gasteiger partial charge in [0, 0.05) is 12.4 Å². The first kappa shape index (κ1) is 7.74. The summed E-state index contributed by atoms with van der Waals surface area (Å²) in [5.74, 6) is 0.433. The van der Waals surface area contributed by atoms with E-state index in [1.54, 1.807) is 12.4 Å². The van der Waals surface area contributed by atoms with Crippen molar-refractivity contribution in [2.75, 3.05) is 6.54 Å². The first-order valence-electron chi connectivity index (χ1n) is 3.26. The van der Waals surface area contributed by atoms with Crippen LogP contribution in [0.2, 0.25) is 0 Å². The Kier molecular flexibility index (Phi) is 2.62. The van der Waals surface area contributed by atoms with Crippen LogP contribution in [0, 0.1) is 0 Å². The van der Waals surface area contributed by atoms with E-state index in [0.29, 0.717) is 6.54 Å². The molecule has 4 N–H and O–H groups in total. The van der Waals surface area contributed by atoms with Gasteiger partial charge in [-0.2, -0.15) is 0 Å². The lowest BCUT2D eigenvalue weighted by Gasteiger charge is -1.96. The Balaban J connectivity index is 2.19. The fourth-order valence-corrected chi connectivity index (χ4v) is 0.699. The number of H-pyrrole nitrogens is 1. The monoisotopic (exact) mass is 154 g/mol. The van der Waals surface area contributed by atoms with Crippen molar-refractivity contribution >= 4 is 5.91 Å². The number of imidazole rings is 1. The van der Waals surface area contributed by atoms with E-state index >= 15 is 0 Å². The van der Waals surface area contributed by atoms with Crippen LogP contribution < -0.4 is 11.1 Å². The summed E-state index contributed by atoms with van der Waals surface area (Å²) in [7, 11) is 0. The number of aromatic nitrogens is 2. The van der Waals surface area contributed by atoms with Gasteiger partial charge in [0.2, 0.25) is 5.91 Å². The third kappa shape index (κ3) is 2.81. The topological polar surface area (TPSA) is 83.8 Å². The maximum Gasteiger partial charge on any atom is 0.231 e.